The molecule has 2 aromatic carbocycles. The molecule has 8 nitrogen and oxygen atoms in total. The van der Waals surface area contributed by atoms with Crippen LogP contribution in [-0.4, -0.2) is 53.4 Å². The summed E-state index contributed by atoms with van der Waals surface area (Å²) in [5, 5.41) is 8.55. The van der Waals surface area contributed by atoms with Crippen LogP contribution in [0.5, 0.6) is 0 Å². The zero-order valence-corrected chi connectivity index (χ0v) is 17.9. The van der Waals surface area contributed by atoms with E-state index in [0.29, 0.717) is 16.9 Å². The Bertz CT molecular complexity index is 1190. The third kappa shape index (κ3) is 4.41. The Balaban J connectivity index is 1.66. The summed E-state index contributed by atoms with van der Waals surface area (Å²) in [5.41, 5.74) is 0.229. The number of thioether (sulfide) groups is 1. The minimum absolute atomic E-state index is 0.240. The zero-order chi connectivity index (χ0) is 21.8. The van der Waals surface area contributed by atoms with E-state index in [1.807, 2.05) is 23.9 Å². The fourth-order valence-electron chi connectivity index (χ4n) is 3.54. The van der Waals surface area contributed by atoms with Gasteiger partial charge in [0.2, 0.25) is 5.91 Å². The number of anilines is 2. The number of fused-ring (bicyclic) bond motifs is 1. The smallest absolute Gasteiger partial charge is 0.339 e. The molecule has 1 N–H and O–H groups in total. The number of hydrogen-bond donors (Lipinski definition) is 1. The van der Waals surface area contributed by atoms with Gasteiger partial charge in [-0.1, -0.05) is 30.3 Å². The van der Waals surface area contributed by atoms with Crippen LogP contribution in [0.2, 0.25) is 0 Å². The maximum atomic E-state index is 13.0. The number of ether oxygens (including phenoxy) is 1. The van der Waals surface area contributed by atoms with Gasteiger partial charge in [-0.15, -0.1) is 0 Å². The van der Waals surface area contributed by atoms with Gasteiger partial charge in [-0.25, -0.2) is 9.48 Å². The van der Waals surface area contributed by atoms with E-state index in [-0.39, 0.29) is 17.7 Å². The minimum Gasteiger partial charge on any atom is -0.465 e. The lowest BCUT2D eigenvalue weighted by Crippen LogP contribution is -2.37. The molecule has 0 saturated carbocycles. The van der Waals surface area contributed by atoms with Crippen LogP contribution in [0.4, 0.5) is 11.5 Å². The molecule has 160 valence electrons. The normalized spacial score (nSPS) is 13.8. The van der Waals surface area contributed by atoms with E-state index in [0.717, 1.165) is 30.0 Å². The molecule has 1 aliphatic heterocycles. The molecule has 0 unspecified atom stereocenters. The first kappa shape index (κ1) is 20.9. The van der Waals surface area contributed by atoms with E-state index in [9.17, 15) is 14.4 Å². The summed E-state index contributed by atoms with van der Waals surface area (Å²) in [6, 6.07) is 13.9. The molecule has 1 amide bonds. The Morgan fingerprint density at radius 3 is 2.48 bits per heavy atom. The number of carbonyl (C=O) groups excluding carboxylic acids is 2. The highest BCUT2D eigenvalue weighted by atomic mass is 32.2. The van der Waals surface area contributed by atoms with Crippen molar-refractivity contribution < 1.29 is 14.3 Å². The molecule has 31 heavy (non-hydrogen) atoms. The van der Waals surface area contributed by atoms with Gasteiger partial charge >= 0.3 is 5.97 Å². The highest BCUT2D eigenvalue weighted by molar-refractivity contribution is 7.99. The first-order chi connectivity index (χ1) is 15.1. The number of aromatic nitrogens is 2. The maximum absolute atomic E-state index is 13.0. The molecular weight excluding hydrogens is 416 g/mol. The highest BCUT2D eigenvalue weighted by Gasteiger charge is 2.20. The second-order valence-electron chi connectivity index (χ2n) is 7.02. The summed E-state index contributed by atoms with van der Waals surface area (Å²) in [6.07, 6.45) is 0. The molecule has 0 bridgehead atoms. The monoisotopic (exact) mass is 438 g/mol. The number of nitrogens with zero attached hydrogens (tertiary/aromatic N) is 3. The Morgan fingerprint density at radius 1 is 1.06 bits per heavy atom. The van der Waals surface area contributed by atoms with Gasteiger partial charge in [0.15, 0.2) is 5.82 Å². The van der Waals surface area contributed by atoms with Crippen molar-refractivity contribution in [3.63, 3.8) is 0 Å². The standard InChI is InChI=1S/C22H22N4O4S/c1-30-22(29)17-8-4-5-9-18(17)23-19(27)14-26-21(28)16-7-3-2-6-15(16)20(24-26)25-10-12-31-13-11-25/h2-9H,10-14H2,1H3,(H,23,27). The van der Waals surface area contributed by atoms with Crippen molar-refractivity contribution in [2.24, 2.45) is 0 Å². The van der Waals surface area contributed by atoms with Gasteiger partial charge in [-0.2, -0.15) is 16.9 Å². The fourth-order valence-corrected chi connectivity index (χ4v) is 4.44. The summed E-state index contributed by atoms with van der Waals surface area (Å²) in [4.78, 5) is 39.8. The Kier molecular flexibility index (Phi) is 6.22. The van der Waals surface area contributed by atoms with Crippen molar-refractivity contribution in [1.29, 1.82) is 0 Å². The molecule has 1 aliphatic rings. The van der Waals surface area contributed by atoms with Crippen LogP contribution < -0.4 is 15.8 Å². The lowest BCUT2D eigenvalue weighted by atomic mass is 10.1. The molecule has 1 aromatic heterocycles. The molecule has 2 heterocycles. The quantitative estimate of drug-likeness (QED) is 0.611. The summed E-state index contributed by atoms with van der Waals surface area (Å²) in [7, 11) is 1.28. The number of methoxy groups -OCH3 is 1. The summed E-state index contributed by atoms with van der Waals surface area (Å²) in [5.74, 6) is 1.67. The van der Waals surface area contributed by atoms with Crippen LogP contribution in [0.3, 0.4) is 0 Å². The number of esters is 1. The molecule has 1 fully saturated rings. The number of hydrogen-bond acceptors (Lipinski definition) is 7. The minimum atomic E-state index is -0.554. The van der Waals surface area contributed by atoms with Crippen molar-refractivity contribution in [3.8, 4) is 0 Å². The van der Waals surface area contributed by atoms with E-state index in [1.165, 1.54) is 11.8 Å². The third-order valence-electron chi connectivity index (χ3n) is 5.06. The van der Waals surface area contributed by atoms with E-state index in [2.05, 4.69) is 15.3 Å². The van der Waals surface area contributed by atoms with Gasteiger partial charge in [0, 0.05) is 30.0 Å². The number of amides is 1. The van der Waals surface area contributed by atoms with Crippen LogP contribution in [0, 0.1) is 0 Å². The van der Waals surface area contributed by atoms with Gasteiger partial charge in [0.25, 0.3) is 5.56 Å². The SMILES string of the molecule is COC(=O)c1ccccc1NC(=O)Cn1nc(N2CCSCC2)c2ccccc2c1=O. The van der Waals surface area contributed by atoms with E-state index >= 15 is 0 Å². The van der Waals surface area contributed by atoms with Crippen molar-refractivity contribution >= 4 is 45.9 Å². The molecule has 1 saturated heterocycles. The first-order valence-electron chi connectivity index (χ1n) is 9.88. The number of para-hydroxylation sites is 1. The molecule has 4 rings (SSSR count). The van der Waals surface area contributed by atoms with Crippen molar-refractivity contribution in [2.75, 3.05) is 41.9 Å². The fraction of sp³-hybridized carbons (Fsp3) is 0.273. The average Bonchev–Trinajstić information content (AvgIpc) is 2.81. The van der Waals surface area contributed by atoms with Gasteiger partial charge in [0.05, 0.1) is 23.7 Å². The van der Waals surface area contributed by atoms with Gasteiger partial charge < -0.3 is 15.0 Å². The third-order valence-corrected chi connectivity index (χ3v) is 6.00. The number of benzene rings is 2. The van der Waals surface area contributed by atoms with E-state index < -0.39 is 11.9 Å². The second kappa shape index (κ2) is 9.22. The molecule has 0 atom stereocenters. The Labute approximate surface area is 183 Å². The lowest BCUT2D eigenvalue weighted by Gasteiger charge is -2.28. The van der Waals surface area contributed by atoms with Crippen molar-refractivity contribution in [3.05, 3.63) is 64.4 Å². The number of carbonyl (C=O) groups is 2. The summed E-state index contributed by atoms with van der Waals surface area (Å²) < 4.78 is 5.95. The average molecular weight is 439 g/mol. The van der Waals surface area contributed by atoms with E-state index in [4.69, 9.17) is 4.74 Å². The number of nitrogens with one attached hydrogen (secondary N) is 1. The largest absolute Gasteiger partial charge is 0.465 e. The van der Waals surface area contributed by atoms with Crippen LogP contribution in [0.25, 0.3) is 10.8 Å². The van der Waals surface area contributed by atoms with Crippen LogP contribution in [0.15, 0.2) is 53.3 Å². The molecule has 9 heteroatoms. The topological polar surface area (TPSA) is 93.5 Å². The molecule has 0 spiro atoms. The Hall–Kier alpha value is -3.33. The predicted molar refractivity (Wildman–Crippen MR) is 122 cm³/mol. The number of rotatable bonds is 5. The van der Waals surface area contributed by atoms with Gasteiger partial charge in [-0.05, 0) is 18.2 Å². The van der Waals surface area contributed by atoms with E-state index in [1.54, 1.807) is 36.4 Å². The highest BCUT2D eigenvalue weighted by Crippen LogP contribution is 2.24. The molecular formula is C22H22N4O4S. The lowest BCUT2D eigenvalue weighted by molar-refractivity contribution is -0.117. The summed E-state index contributed by atoms with van der Waals surface area (Å²) >= 11 is 1.88. The van der Waals surface area contributed by atoms with Crippen molar-refractivity contribution in [1.82, 2.24) is 9.78 Å². The van der Waals surface area contributed by atoms with Crippen molar-refractivity contribution in [2.45, 2.75) is 6.54 Å². The van der Waals surface area contributed by atoms with Gasteiger partial charge in [-0.3, -0.25) is 9.59 Å². The van der Waals surface area contributed by atoms with Crippen LogP contribution in [0.1, 0.15) is 10.4 Å². The maximum Gasteiger partial charge on any atom is 0.339 e. The van der Waals surface area contributed by atoms with Crippen LogP contribution in [-0.2, 0) is 16.1 Å². The van der Waals surface area contributed by atoms with Crippen LogP contribution >= 0.6 is 11.8 Å². The summed E-state index contributed by atoms with van der Waals surface area (Å²) in [6.45, 7) is 1.39. The molecule has 0 radical (unpaired) electrons. The first-order valence-corrected chi connectivity index (χ1v) is 11.0. The zero-order valence-electron chi connectivity index (χ0n) is 17.0. The second-order valence-corrected chi connectivity index (χ2v) is 8.24. The predicted octanol–water partition coefficient (Wildman–Crippen LogP) is 2.38. The van der Waals surface area contributed by atoms with Gasteiger partial charge in [0.1, 0.15) is 6.54 Å². The molecule has 3 aromatic rings. The Morgan fingerprint density at radius 2 is 1.74 bits per heavy atom. The molecule has 0 aliphatic carbocycles.